The highest BCUT2D eigenvalue weighted by atomic mass is 16.3. The van der Waals surface area contributed by atoms with Gasteiger partial charge in [-0.15, -0.1) is 0 Å². The summed E-state index contributed by atoms with van der Waals surface area (Å²) in [6.07, 6.45) is 1.14. The molecule has 0 aromatic heterocycles. The van der Waals surface area contributed by atoms with Gasteiger partial charge in [0.15, 0.2) is 0 Å². The molecule has 2 N–H and O–H groups in total. The van der Waals surface area contributed by atoms with Gasteiger partial charge in [0, 0.05) is 25.7 Å². The van der Waals surface area contributed by atoms with Crippen LogP contribution in [-0.4, -0.2) is 42.2 Å². The molecule has 0 bridgehead atoms. The van der Waals surface area contributed by atoms with E-state index in [-0.39, 0.29) is 12.0 Å². The topological polar surface area (TPSA) is 52.6 Å². The van der Waals surface area contributed by atoms with Gasteiger partial charge < -0.3 is 15.3 Å². The van der Waals surface area contributed by atoms with E-state index in [1.165, 1.54) is 11.1 Å². The molecule has 0 aliphatic carbocycles. The second-order valence-corrected chi connectivity index (χ2v) is 5.23. The Kier molecular flexibility index (Phi) is 4.56. The molecule has 1 amide bonds. The molecule has 1 aliphatic rings. The number of rotatable bonds is 4. The maximum atomic E-state index is 12.5. The van der Waals surface area contributed by atoms with Crippen molar-refractivity contribution in [3.63, 3.8) is 0 Å². The van der Waals surface area contributed by atoms with E-state index in [9.17, 15) is 9.90 Å². The van der Waals surface area contributed by atoms with Gasteiger partial charge in [0.1, 0.15) is 0 Å². The summed E-state index contributed by atoms with van der Waals surface area (Å²) in [5.41, 5.74) is 3.21. The van der Waals surface area contributed by atoms with Crippen molar-refractivity contribution in [3.8, 4) is 0 Å². The number of carbonyl (C=O) groups is 1. The number of hydrogen-bond acceptors (Lipinski definition) is 3. The Balaban J connectivity index is 2.15. The minimum atomic E-state index is -0.371. The Labute approximate surface area is 114 Å². The van der Waals surface area contributed by atoms with Gasteiger partial charge in [0.25, 0.3) is 5.91 Å². The minimum absolute atomic E-state index is 0.0550. The third-order valence-electron chi connectivity index (χ3n) is 3.60. The fourth-order valence-electron chi connectivity index (χ4n) is 2.42. The van der Waals surface area contributed by atoms with Crippen molar-refractivity contribution in [2.75, 3.05) is 20.1 Å². The van der Waals surface area contributed by atoms with Crippen LogP contribution in [0.5, 0.6) is 0 Å². The van der Waals surface area contributed by atoms with E-state index in [4.69, 9.17) is 0 Å². The quantitative estimate of drug-likeness (QED) is 0.856. The number of hydrogen-bond donors (Lipinski definition) is 2. The average Bonchev–Trinajstić information content (AvgIpc) is 2.43. The van der Waals surface area contributed by atoms with E-state index in [1.54, 1.807) is 18.9 Å². The van der Waals surface area contributed by atoms with Crippen molar-refractivity contribution < 1.29 is 9.90 Å². The molecule has 1 atom stereocenters. The first-order valence-electron chi connectivity index (χ1n) is 6.84. The Hall–Kier alpha value is -1.39. The largest absolute Gasteiger partial charge is 0.393 e. The van der Waals surface area contributed by atoms with Crippen molar-refractivity contribution in [1.82, 2.24) is 10.2 Å². The van der Waals surface area contributed by atoms with Crippen LogP contribution in [-0.2, 0) is 13.0 Å². The van der Waals surface area contributed by atoms with Gasteiger partial charge in [-0.25, -0.2) is 0 Å². The van der Waals surface area contributed by atoms with Crippen LogP contribution in [0.2, 0.25) is 0 Å². The fourth-order valence-corrected chi connectivity index (χ4v) is 2.42. The number of fused-ring (bicyclic) bond motifs is 1. The second kappa shape index (κ2) is 6.17. The van der Waals surface area contributed by atoms with Crippen LogP contribution in [0.25, 0.3) is 0 Å². The van der Waals surface area contributed by atoms with E-state index >= 15 is 0 Å². The molecule has 0 saturated carbocycles. The summed E-state index contributed by atoms with van der Waals surface area (Å²) in [5.74, 6) is 0.0550. The molecular weight excluding hydrogens is 240 g/mol. The number of amides is 1. The van der Waals surface area contributed by atoms with Crippen LogP contribution < -0.4 is 5.32 Å². The average molecular weight is 262 g/mol. The molecule has 19 heavy (non-hydrogen) atoms. The highest BCUT2D eigenvalue weighted by molar-refractivity contribution is 5.96. The van der Waals surface area contributed by atoms with Gasteiger partial charge in [-0.05, 0) is 43.5 Å². The number of aliphatic hydroxyl groups excluding tert-OH is 1. The lowest BCUT2D eigenvalue weighted by molar-refractivity contribution is 0.0767. The van der Waals surface area contributed by atoms with Crippen LogP contribution in [0, 0.1) is 0 Å². The molecule has 2 rings (SSSR count). The van der Waals surface area contributed by atoms with Gasteiger partial charge in [0.2, 0.25) is 0 Å². The second-order valence-electron chi connectivity index (χ2n) is 5.23. The maximum Gasteiger partial charge on any atom is 0.253 e. The first kappa shape index (κ1) is 14.0. The SMILES string of the molecule is CC(O)CCN(C)C(=O)c1cccc2c1CCNC2. The Morgan fingerprint density at radius 3 is 3.05 bits per heavy atom. The summed E-state index contributed by atoms with van der Waals surface area (Å²) in [5, 5.41) is 12.6. The molecule has 4 nitrogen and oxygen atoms in total. The van der Waals surface area contributed by atoms with Crippen molar-refractivity contribution in [3.05, 3.63) is 34.9 Å². The molecule has 0 radical (unpaired) electrons. The van der Waals surface area contributed by atoms with Crippen LogP contribution in [0.15, 0.2) is 18.2 Å². The van der Waals surface area contributed by atoms with E-state index < -0.39 is 0 Å². The summed E-state index contributed by atoms with van der Waals surface area (Å²) < 4.78 is 0. The van der Waals surface area contributed by atoms with Gasteiger partial charge >= 0.3 is 0 Å². The van der Waals surface area contributed by atoms with Gasteiger partial charge in [-0.2, -0.15) is 0 Å². The van der Waals surface area contributed by atoms with E-state index in [0.29, 0.717) is 13.0 Å². The van der Waals surface area contributed by atoms with Crippen molar-refractivity contribution in [2.45, 2.75) is 32.4 Å². The molecule has 4 heteroatoms. The normalized spacial score (nSPS) is 15.7. The zero-order valence-corrected chi connectivity index (χ0v) is 11.6. The molecule has 1 aromatic carbocycles. The first-order valence-corrected chi connectivity index (χ1v) is 6.84. The van der Waals surface area contributed by atoms with Crippen molar-refractivity contribution in [2.24, 2.45) is 0 Å². The molecule has 104 valence electrons. The molecule has 0 fully saturated rings. The number of nitrogens with one attached hydrogen (secondary N) is 1. The lowest BCUT2D eigenvalue weighted by Crippen LogP contribution is -2.32. The molecule has 0 spiro atoms. The summed E-state index contributed by atoms with van der Waals surface area (Å²) in [6, 6.07) is 5.93. The van der Waals surface area contributed by atoms with Gasteiger partial charge in [-0.1, -0.05) is 12.1 Å². The number of carbonyl (C=O) groups excluding carboxylic acids is 1. The molecule has 1 aliphatic heterocycles. The molecule has 1 unspecified atom stereocenters. The molecular formula is C15H22N2O2. The monoisotopic (exact) mass is 262 g/mol. The Bertz CT molecular complexity index is 457. The standard InChI is InChI=1S/C15H22N2O2/c1-11(18)7-9-17(2)15(19)14-5-3-4-12-10-16-8-6-13(12)14/h3-5,11,16,18H,6-10H2,1-2H3. The highest BCUT2D eigenvalue weighted by Gasteiger charge is 2.19. The van der Waals surface area contributed by atoms with Crippen LogP contribution in [0.1, 0.15) is 34.8 Å². The Morgan fingerprint density at radius 2 is 2.32 bits per heavy atom. The predicted octanol–water partition coefficient (Wildman–Crippen LogP) is 1.18. The van der Waals surface area contributed by atoms with Crippen molar-refractivity contribution >= 4 is 5.91 Å². The highest BCUT2D eigenvalue weighted by Crippen LogP contribution is 2.20. The number of benzene rings is 1. The lowest BCUT2D eigenvalue weighted by atomic mass is 9.95. The van der Waals surface area contributed by atoms with E-state index in [0.717, 1.165) is 25.1 Å². The Morgan fingerprint density at radius 1 is 1.53 bits per heavy atom. The van der Waals surface area contributed by atoms with Crippen LogP contribution in [0.4, 0.5) is 0 Å². The summed E-state index contributed by atoms with van der Waals surface area (Å²) in [6.45, 7) is 4.09. The summed E-state index contributed by atoms with van der Waals surface area (Å²) in [7, 11) is 1.80. The van der Waals surface area contributed by atoms with Crippen LogP contribution >= 0.6 is 0 Å². The molecule has 0 saturated heterocycles. The van der Waals surface area contributed by atoms with E-state index in [1.807, 2.05) is 12.1 Å². The van der Waals surface area contributed by atoms with Crippen molar-refractivity contribution in [1.29, 1.82) is 0 Å². The third-order valence-corrected chi connectivity index (χ3v) is 3.60. The summed E-state index contributed by atoms with van der Waals surface area (Å²) in [4.78, 5) is 14.2. The van der Waals surface area contributed by atoms with Gasteiger partial charge in [0.05, 0.1) is 6.10 Å². The first-order chi connectivity index (χ1) is 9.09. The third kappa shape index (κ3) is 3.33. The van der Waals surface area contributed by atoms with E-state index in [2.05, 4.69) is 11.4 Å². The number of aliphatic hydroxyl groups is 1. The molecule has 1 aromatic rings. The number of nitrogens with zero attached hydrogens (tertiary/aromatic N) is 1. The van der Waals surface area contributed by atoms with Crippen LogP contribution in [0.3, 0.4) is 0 Å². The smallest absolute Gasteiger partial charge is 0.253 e. The maximum absolute atomic E-state index is 12.5. The fraction of sp³-hybridized carbons (Fsp3) is 0.533. The zero-order chi connectivity index (χ0) is 13.8. The zero-order valence-electron chi connectivity index (χ0n) is 11.6. The lowest BCUT2D eigenvalue weighted by Gasteiger charge is -2.23. The summed E-state index contributed by atoms with van der Waals surface area (Å²) >= 11 is 0. The van der Waals surface area contributed by atoms with Gasteiger partial charge in [-0.3, -0.25) is 4.79 Å². The minimum Gasteiger partial charge on any atom is -0.393 e. The molecule has 1 heterocycles. The predicted molar refractivity (Wildman–Crippen MR) is 75.1 cm³/mol.